The number of rotatable bonds is 5. The van der Waals surface area contributed by atoms with Crippen molar-refractivity contribution >= 4 is 42.8 Å². The summed E-state index contributed by atoms with van der Waals surface area (Å²) in [4.78, 5) is 26.4. The molecule has 1 saturated heterocycles. The molecule has 0 bridgehead atoms. The molecule has 1 aromatic carbocycles. The highest BCUT2D eigenvalue weighted by atomic mass is 32.2. The largest absolute Gasteiger partial charge is 0.480 e. The third kappa shape index (κ3) is 4.57. The van der Waals surface area contributed by atoms with Crippen LogP contribution in [0.15, 0.2) is 35.4 Å². The summed E-state index contributed by atoms with van der Waals surface area (Å²) in [5.41, 5.74) is -0.518. The topological polar surface area (TPSA) is 117 Å². The average Bonchev–Trinajstić information content (AvgIpc) is 3.21. The third-order valence-corrected chi connectivity index (χ3v) is 8.31. The van der Waals surface area contributed by atoms with Gasteiger partial charge in [-0.3, -0.25) is 4.79 Å². The second-order valence-corrected chi connectivity index (χ2v) is 10.9. The highest BCUT2D eigenvalue weighted by Gasteiger charge is 2.41. The van der Waals surface area contributed by atoms with E-state index in [4.69, 9.17) is 0 Å². The number of halogens is 3. The summed E-state index contributed by atoms with van der Waals surface area (Å²) in [6.45, 7) is 3.68. The number of nitrogens with zero attached hydrogens (tertiary/aromatic N) is 5. The zero-order valence-electron chi connectivity index (χ0n) is 18.0. The molecule has 1 aliphatic heterocycles. The molecule has 1 fully saturated rings. The number of aliphatic carboxylic acids is 1. The molecule has 0 amide bonds. The summed E-state index contributed by atoms with van der Waals surface area (Å²) in [6.07, 6.45) is -2.96. The van der Waals surface area contributed by atoms with Crippen molar-refractivity contribution in [3.05, 3.63) is 41.9 Å². The van der Waals surface area contributed by atoms with Gasteiger partial charge in [0.15, 0.2) is 10.8 Å². The van der Waals surface area contributed by atoms with Gasteiger partial charge in [-0.15, -0.1) is 0 Å². The van der Waals surface area contributed by atoms with E-state index >= 15 is 0 Å². The molecule has 0 unspecified atom stereocenters. The standard InChI is InChI=1S/C20H20F3N5O4S2/c1-11(2)16-24-9-15-17(25-16)26-19(33-15)27-7-8-28(14(10-27)18(29)30)34(31,32)13-5-3-12(4-6-13)20(21,22)23/h3-6,9,11,14H,7-8,10H2,1-2H3,(H,29,30)/t14-/m1/s1. The number of hydrogen-bond acceptors (Lipinski definition) is 8. The van der Waals surface area contributed by atoms with E-state index in [1.807, 2.05) is 13.8 Å². The number of carbonyl (C=O) groups is 1. The first kappa shape index (κ1) is 24.3. The van der Waals surface area contributed by atoms with Gasteiger partial charge >= 0.3 is 12.1 Å². The van der Waals surface area contributed by atoms with Gasteiger partial charge in [0.25, 0.3) is 0 Å². The van der Waals surface area contributed by atoms with Crippen LogP contribution in [0.2, 0.25) is 0 Å². The molecule has 0 saturated carbocycles. The van der Waals surface area contributed by atoms with Crippen LogP contribution in [0.5, 0.6) is 0 Å². The number of piperazine rings is 1. The van der Waals surface area contributed by atoms with Gasteiger partial charge in [0.2, 0.25) is 10.0 Å². The number of sulfonamides is 1. The Morgan fingerprint density at radius 3 is 2.44 bits per heavy atom. The predicted octanol–water partition coefficient (Wildman–Crippen LogP) is 3.19. The summed E-state index contributed by atoms with van der Waals surface area (Å²) in [7, 11) is -4.34. The molecule has 0 aliphatic carbocycles. The molecular formula is C20H20F3N5O4S2. The Balaban J connectivity index is 1.60. The molecule has 9 nitrogen and oxygen atoms in total. The van der Waals surface area contributed by atoms with E-state index < -0.39 is 38.7 Å². The van der Waals surface area contributed by atoms with Gasteiger partial charge in [0, 0.05) is 25.6 Å². The molecule has 14 heteroatoms. The van der Waals surface area contributed by atoms with Crippen LogP contribution in [0.1, 0.15) is 31.2 Å². The van der Waals surface area contributed by atoms with Crippen molar-refractivity contribution in [3.63, 3.8) is 0 Å². The number of alkyl halides is 3. The van der Waals surface area contributed by atoms with Crippen molar-refractivity contribution in [1.29, 1.82) is 0 Å². The fourth-order valence-corrected chi connectivity index (χ4v) is 6.01. The number of aromatic nitrogens is 3. The second kappa shape index (κ2) is 8.74. The van der Waals surface area contributed by atoms with Crippen LogP contribution in [0.4, 0.5) is 18.3 Å². The van der Waals surface area contributed by atoms with E-state index in [2.05, 4.69) is 15.0 Å². The van der Waals surface area contributed by atoms with Gasteiger partial charge in [0.05, 0.1) is 21.4 Å². The quantitative estimate of drug-likeness (QED) is 0.551. The number of anilines is 1. The molecule has 0 radical (unpaired) electrons. The van der Waals surface area contributed by atoms with E-state index in [1.54, 1.807) is 11.1 Å². The van der Waals surface area contributed by atoms with E-state index in [9.17, 15) is 31.5 Å². The Labute approximate surface area is 196 Å². The molecule has 3 aromatic rings. The Bertz CT molecular complexity index is 1330. The van der Waals surface area contributed by atoms with Crippen LogP contribution in [-0.2, 0) is 21.0 Å². The molecule has 4 rings (SSSR count). The van der Waals surface area contributed by atoms with E-state index in [1.165, 1.54) is 11.3 Å². The van der Waals surface area contributed by atoms with Gasteiger partial charge in [-0.25, -0.2) is 18.4 Å². The minimum Gasteiger partial charge on any atom is -0.480 e. The van der Waals surface area contributed by atoms with Gasteiger partial charge in [0.1, 0.15) is 11.9 Å². The molecule has 182 valence electrons. The zero-order valence-corrected chi connectivity index (χ0v) is 19.7. The molecular weight excluding hydrogens is 495 g/mol. The first-order valence-electron chi connectivity index (χ1n) is 10.2. The van der Waals surface area contributed by atoms with Crippen molar-refractivity contribution in [2.75, 3.05) is 24.5 Å². The van der Waals surface area contributed by atoms with Crippen molar-refractivity contribution in [1.82, 2.24) is 19.3 Å². The number of carboxylic acids is 1. The predicted molar refractivity (Wildman–Crippen MR) is 118 cm³/mol. The first-order valence-corrected chi connectivity index (χ1v) is 12.4. The van der Waals surface area contributed by atoms with Crippen LogP contribution in [0.3, 0.4) is 0 Å². The summed E-state index contributed by atoms with van der Waals surface area (Å²) in [5.74, 6) is -0.645. The van der Waals surface area contributed by atoms with Crippen molar-refractivity contribution in [2.24, 2.45) is 0 Å². The summed E-state index contributed by atoms with van der Waals surface area (Å²) >= 11 is 1.27. The van der Waals surface area contributed by atoms with Crippen molar-refractivity contribution in [2.45, 2.75) is 36.9 Å². The van der Waals surface area contributed by atoms with Crippen LogP contribution in [0.25, 0.3) is 10.3 Å². The fraction of sp³-hybridized carbons (Fsp3) is 0.400. The maximum atomic E-state index is 13.1. The van der Waals surface area contributed by atoms with Crippen LogP contribution < -0.4 is 4.90 Å². The smallest absolute Gasteiger partial charge is 0.416 e. The van der Waals surface area contributed by atoms with Crippen molar-refractivity contribution < 1.29 is 31.5 Å². The number of carboxylic acid groups (broad SMARTS) is 1. The van der Waals surface area contributed by atoms with E-state index in [0.717, 1.165) is 16.4 Å². The lowest BCUT2D eigenvalue weighted by atomic mass is 10.2. The summed E-state index contributed by atoms with van der Waals surface area (Å²) in [6, 6.07) is 1.54. The van der Waals surface area contributed by atoms with Gasteiger partial charge in [-0.05, 0) is 24.3 Å². The monoisotopic (exact) mass is 515 g/mol. The van der Waals surface area contributed by atoms with E-state index in [-0.39, 0.29) is 25.6 Å². The molecule has 3 heterocycles. The van der Waals surface area contributed by atoms with Crippen molar-refractivity contribution in [3.8, 4) is 0 Å². The lowest BCUT2D eigenvalue weighted by Gasteiger charge is -2.38. The maximum Gasteiger partial charge on any atom is 0.416 e. The Morgan fingerprint density at radius 1 is 1.18 bits per heavy atom. The lowest BCUT2D eigenvalue weighted by molar-refractivity contribution is -0.141. The molecule has 1 N–H and O–H groups in total. The first-order chi connectivity index (χ1) is 15.9. The highest BCUT2D eigenvalue weighted by molar-refractivity contribution is 7.89. The summed E-state index contributed by atoms with van der Waals surface area (Å²) in [5, 5.41) is 10.2. The minimum atomic E-state index is -4.62. The Kier molecular flexibility index (Phi) is 6.25. The van der Waals surface area contributed by atoms with Crippen LogP contribution in [0, 0.1) is 0 Å². The summed E-state index contributed by atoms with van der Waals surface area (Å²) < 4.78 is 66.2. The molecule has 34 heavy (non-hydrogen) atoms. The lowest BCUT2D eigenvalue weighted by Crippen LogP contribution is -2.58. The maximum absolute atomic E-state index is 13.1. The number of fused-ring (bicyclic) bond motifs is 1. The SMILES string of the molecule is CC(C)c1ncc2sc(N3CCN(S(=O)(=O)c4ccc(C(F)(F)F)cc4)[C@@H](C(=O)O)C3)nc2n1. The average molecular weight is 516 g/mol. The molecule has 1 atom stereocenters. The van der Waals surface area contributed by atoms with E-state index in [0.29, 0.717) is 33.4 Å². The normalized spacial score (nSPS) is 18.1. The zero-order chi connectivity index (χ0) is 24.8. The molecule has 1 aliphatic rings. The molecule has 2 aromatic heterocycles. The highest BCUT2D eigenvalue weighted by Crippen LogP contribution is 2.33. The minimum absolute atomic E-state index is 0.102. The number of thiazole rings is 1. The van der Waals surface area contributed by atoms with Gasteiger partial charge in [-0.2, -0.15) is 22.5 Å². The van der Waals surface area contributed by atoms with Gasteiger partial charge < -0.3 is 10.0 Å². The number of hydrogen-bond donors (Lipinski definition) is 1. The third-order valence-electron chi connectivity index (χ3n) is 5.35. The second-order valence-electron chi connectivity index (χ2n) is 8.01. The molecule has 0 spiro atoms. The van der Waals surface area contributed by atoms with Crippen LogP contribution >= 0.6 is 11.3 Å². The Hall–Kier alpha value is -2.84. The van der Waals surface area contributed by atoms with Crippen LogP contribution in [-0.4, -0.2) is 64.4 Å². The number of benzene rings is 1. The van der Waals surface area contributed by atoms with Gasteiger partial charge in [-0.1, -0.05) is 25.2 Å². The Morgan fingerprint density at radius 2 is 1.85 bits per heavy atom. The fourth-order valence-electron chi connectivity index (χ4n) is 3.53.